The Morgan fingerprint density at radius 1 is 1.18 bits per heavy atom. The zero-order valence-electron chi connectivity index (χ0n) is 20.6. The number of benzene rings is 2. The Labute approximate surface area is 229 Å². The van der Waals surface area contributed by atoms with Crippen molar-refractivity contribution in [2.75, 3.05) is 35.9 Å². The minimum Gasteiger partial charge on any atom is -0.432 e. The van der Waals surface area contributed by atoms with Gasteiger partial charge in [0.05, 0.1) is 16.7 Å². The number of carbonyl (C=O) groups is 2. The van der Waals surface area contributed by atoms with Crippen molar-refractivity contribution in [2.24, 2.45) is 0 Å². The van der Waals surface area contributed by atoms with E-state index in [1.807, 2.05) is 0 Å². The quantitative estimate of drug-likeness (QED) is 0.236. The topological polar surface area (TPSA) is 152 Å². The second-order valence-electron chi connectivity index (χ2n) is 8.32. The number of hydrogen-bond donors (Lipinski definition) is 2. The summed E-state index contributed by atoms with van der Waals surface area (Å²) in [5.74, 6) is 0. The van der Waals surface area contributed by atoms with Gasteiger partial charge < -0.3 is 19.7 Å². The normalized spacial score (nSPS) is 14.6. The maximum absolute atomic E-state index is 13.7. The van der Waals surface area contributed by atoms with Crippen molar-refractivity contribution in [3.63, 3.8) is 0 Å². The monoisotopic (exact) mass is 609 g/mol. The molecule has 2 aromatic rings. The Bertz CT molecular complexity index is 1350. The highest BCUT2D eigenvalue weighted by molar-refractivity contribution is 7.93. The number of urea groups is 1. The highest BCUT2D eigenvalue weighted by Gasteiger charge is 2.35. The molecular formula is C22H26Cl2N3O9PS. The molecular weight excluding hydrogens is 584 g/mol. The first kappa shape index (κ1) is 30.0. The average Bonchev–Trinajstić information content (AvgIpc) is 3.24. The van der Waals surface area contributed by atoms with Crippen LogP contribution < -0.4 is 14.5 Å². The Hall–Kier alpha value is -2.54. The van der Waals surface area contributed by atoms with E-state index in [9.17, 15) is 27.5 Å². The average molecular weight is 610 g/mol. The van der Waals surface area contributed by atoms with Crippen molar-refractivity contribution in [1.29, 1.82) is 0 Å². The van der Waals surface area contributed by atoms with E-state index in [0.717, 1.165) is 12.1 Å². The van der Waals surface area contributed by atoms with Crippen LogP contribution in [0.3, 0.4) is 0 Å². The van der Waals surface area contributed by atoms with Gasteiger partial charge in [0.2, 0.25) is 6.79 Å². The lowest BCUT2D eigenvalue weighted by Gasteiger charge is -2.27. The first-order chi connectivity index (χ1) is 17.7. The molecule has 208 valence electrons. The van der Waals surface area contributed by atoms with Gasteiger partial charge in [-0.2, -0.15) is 0 Å². The van der Waals surface area contributed by atoms with Crippen LogP contribution in [-0.2, 0) is 35.0 Å². The minimum atomic E-state index is -4.72. The van der Waals surface area contributed by atoms with Crippen LogP contribution in [0.25, 0.3) is 0 Å². The van der Waals surface area contributed by atoms with E-state index < -0.39 is 43.0 Å². The molecule has 0 saturated heterocycles. The molecule has 0 radical (unpaired) electrons. The van der Waals surface area contributed by atoms with E-state index in [0.29, 0.717) is 28.5 Å². The van der Waals surface area contributed by atoms with Crippen molar-refractivity contribution < 1.29 is 41.5 Å². The van der Waals surface area contributed by atoms with Gasteiger partial charge in [-0.1, -0.05) is 23.2 Å². The highest BCUT2D eigenvalue weighted by atomic mass is 35.5. The molecule has 1 aliphatic heterocycles. The van der Waals surface area contributed by atoms with Crippen LogP contribution in [0.1, 0.15) is 19.4 Å². The summed E-state index contributed by atoms with van der Waals surface area (Å²) in [6.07, 6.45) is -2.24. The molecule has 1 heterocycles. The molecule has 38 heavy (non-hydrogen) atoms. The molecule has 12 nitrogen and oxygen atoms in total. The van der Waals surface area contributed by atoms with E-state index in [1.165, 1.54) is 36.2 Å². The van der Waals surface area contributed by atoms with Gasteiger partial charge in [-0.3, -0.25) is 18.3 Å². The Kier molecular flexibility index (Phi) is 9.56. The number of halogens is 2. The van der Waals surface area contributed by atoms with Crippen LogP contribution in [-0.4, -0.2) is 58.3 Å². The van der Waals surface area contributed by atoms with Crippen molar-refractivity contribution in [3.05, 3.63) is 52.0 Å². The first-order valence-corrected chi connectivity index (χ1v) is 15.1. The maximum atomic E-state index is 13.7. The summed E-state index contributed by atoms with van der Waals surface area (Å²) < 4.78 is 55.1. The Morgan fingerprint density at radius 2 is 1.84 bits per heavy atom. The van der Waals surface area contributed by atoms with Crippen LogP contribution in [0.2, 0.25) is 10.0 Å². The fraction of sp³-hybridized carbons (Fsp3) is 0.364. The standard InChI is InChI=1S/C22H26Cl2N3O9PS/c1-14(2)36-22(29)34-13-35-37(30,31)12-27(38(32,33)19-10-16(23)9-17(24)11-19)18-4-5-20-15(8-18)6-7-26(20)21(28)25-3/h4-5,8-11,14H,6-7,12-13H2,1-3H3,(H,25,28)(H,30,31). The van der Waals surface area contributed by atoms with E-state index in [2.05, 4.69) is 10.1 Å². The number of nitrogens with one attached hydrogen (secondary N) is 1. The van der Waals surface area contributed by atoms with Crippen molar-refractivity contribution >= 4 is 64.4 Å². The number of sulfonamides is 1. The number of ether oxygens (including phenoxy) is 2. The van der Waals surface area contributed by atoms with Crippen molar-refractivity contribution in [3.8, 4) is 0 Å². The Balaban J connectivity index is 1.96. The smallest absolute Gasteiger partial charge is 0.432 e. The number of nitrogens with zero attached hydrogens (tertiary/aromatic N) is 2. The molecule has 0 saturated carbocycles. The second-order valence-corrected chi connectivity index (χ2v) is 12.9. The predicted molar refractivity (Wildman–Crippen MR) is 141 cm³/mol. The lowest BCUT2D eigenvalue weighted by molar-refractivity contribution is -0.0107. The third-order valence-corrected chi connectivity index (χ3v) is 8.73. The molecule has 0 aromatic heterocycles. The fourth-order valence-electron chi connectivity index (χ4n) is 3.58. The molecule has 0 spiro atoms. The lowest BCUT2D eigenvalue weighted by atomic mass is 10.1. The summed E-state index contributed by atoms with van der Waals surface area (Å²) >= 11 is 12.0. The molecule has 2 aromatic carbocycles. The molecule has 16 heteroatoms. The summed E-state index contributed by atoms with van der Waals surface area (Å²) in [6, 6.07) is 7.71. The molecule has 3 rings (SSSR count). The van der Waals surface area contributed by atoms with Gasteiger partial charge in [-0.05, 0) is 62.2 Å². The van der Waals surface area contributed by atoms with Crippen LogP contribution >= 0.6 is 30.8 Å². The van der Waals surface area contributed by atoms with Crippen LogP contribution in [0.5, 0.6) is 0 Å². The molecule has 0 bridgehead atoms. The van der Waals surface area contributed by atoms with E-state index in [-0.39, 0.29) is 26.7 Å². The molecule has 0 fully saturated rings. The van der Waals surface area contributed by atoms with Crippen molar-refractivity contribution in [1.82, 2.24) is 5.32 Å². The molecule has 1 unspecified atom stereocenters. The number of carbonyl (C=O) groups excluding carboxylic acids is 2. The van der Waals surface area contributed by atoms with Crippen LogP contribution in [0.4, 0.5) is 21.0 Å². The first-order valence-electron chi connectivity index (χ1n) is 11.1. The van der Waals surface area contributed by atoms with Crippen LogP contribution in [0.15, 0.2) is 41.3 Å². The van der Waals surface area contributed by atoms with Crippen LogP contribution in [0, 0.1) is 0 Å². The highest BCUT2D eigenvalue weighted by Crippen LogP contribution is 2.46. The van der Waals surface area contributed by atoms with Gasteiger partial charge in [-0.25, -0.2) is 18.0 Å². The summed E-state index contributed by atoms with van der Waals surface area (Å²) in [5, 5.41) is 2.60. The SMILES string of the molecule is CNC(=O)N1CCc2cc(N(CP(=O)(O)OCOC(=O)OC(C)C)S(=O)(=O)c3cc(Cl)cc(Cl)c3)ccc21. The number of hydrogen-bond acceptors (Lipinski definition) is 8. The van der Waals surface area contributed by atoms with E-state index in [4.69, 9.17) is 32.5 Å². The van der Waals surface area contributed by atoms with E-state index >= 15 is 0 Å². The molecule has 2 N–H and O–H groups in total. The van der Waals surface area contributed by atoms with E-state index in [1.54, 1.807) is 13.8 Å². The molecule has 1 atom stereocenters. The molecule has 1 aliphatic rings. The van der Waals surface area contributed by atoms with Gasteiger partial charge >= 0.3 is 19.8 Å². The maximum Gasteiger partial charge on any atom is 0.510 e. The van der Waals surface area contributed by atoms with Crippen molar-refractivity contribution in [2.45, 2.75) is 31.3 Å². The largest absolute Gasteiger partial charge is 0.510 e. The van der Waals surface area contributed by atoms with Gasteiger partial charge in [0.15, 0.2) is 0 Å². The van der Waals surface area contributed by atoms with Gasteiger partial charge in [0, 0.05) is 29.3 Å². The number of anilines is 2. The fourth-order valence-corrected chi connectivity index (χ4v) is 7.26. The number of rotatable bonds is 9. The molecule has 2 amide bonds. The molecule has 0 aliphatic carbocycles. The van der Waals surface area contributed by atoms with Gasteiger partial charge in [-0.15, -0.1) is 0 Å². The number of fused-ring (bicyclic) bond motifs is 1. The second kappa shape index (κ2) is 12.1. The summed E-state index contributed by atoms with van der Waals surface area (Å²) in [6.45, 7) is 2.56. The summed E-state index contributed by atoms with van der Waals surface area (Å²) in [5.41, 5.74) is 1.23. The third kappa shape index (κ3) is 7.31. The van der Waals surface area contributed by atoms with Gasteiger partial charge in [0.1, 0.15) is 6.29 Å². The minimum absolute atomic E-state index is 0.0246. The predicted octanol–water partition coefficient (Wildman–Crippen LogP) is 4.57. The number of amides is 2. The third-order valence-electron chi connectivity index (χ3n) is 5.20. The summed E-state index contributed by atoms with van der Waals surface area (Å²) in [4.78, 5) is 35.3. The zero-order valence-corrected chi connectivity index (χ0v) is 23.8. The zero-order chi connectivity index (χ0) is 28.3. The summed E-state index contributed by atoms with van der Waals surface area (Å²) in [7, 11) is -7.75. The Morgan fingerprint density at radius 3 is 2.45 bits per heavy atom. The van der Waals surface area contributed by atoms with Gasteiger partial charge in [0.25, 0.3) is 10.0 Å². The lowest BCUT2D eigenvalue weighted by Crippen LogP contribution is -2.36.